The molecule has 8 nitrogen and oxygen atoms in total. The molecule has 0 aromatic heterocycles. The third-order valence-corrected chi connectivity index (χ3v) is 4.40. The van der Waals surface area contributed by atoms with Crippen LogP contribution in [-0.4, -0.2) is 44.3 Å². The fourth-order valence-corrected chi connectivity index (χ4v) is 2.76. The third kappa shape index (κ3) is 3.64. The molecule has 4 N–H and O–H groups in total. The van der Waals surface area contributed by atoms with Crippen molar-refractivity contribution in [3.05, 3.63) is 69.8 Å². The lowest BCUT2D eigenvalue weighted by atomic mass is 9.76. The van der Waals surface area contributed by atoms with Crippen molar-refractivity contribution < 1.29 is 39.6 Å². The molecule has 0 atom stereocenters. The Balaban J connectivity index is 2.65. The van der Waals surface area contributed by atoms with E-state index in [9.17, 15) is 29.4 Å². The van der Waals surface area contributed by atoms with Crippen LogP contribution in [0.15, 0.2) is 36.4 Å². The highest BCUT2D eigenvalue weighted by molar-refractivity contribution is 6.02. The fourth-order valence-electron chi connectivity index (χ4n) is 2.76. The van der Waals surface area contributed by atoms with Crippen molar-refractivity contribution in [3.8, 4) is 0 Å². The molecule has 0 radical (unpaired) electrons. The zero-order valence-electron chi connectivity index (χ0n) is 14.4. The highest BCUT2D eigenvalue weighted by Crippen LogP contribution is 2.34. The van der Waals surface area contributed by atoms with Crippen LogP contribution < -0.4 is 0 Å². The zero-order chi connectivity index (χ0) is 20.5. The van der Waals surface area contributed by atoms with Crippen molar-refractivity contribution in [2.24, 2.45) is 0 Å². The molecule has 2 aromatic rings. The second kappa shape index (κ2) is 6.91. The van der Waals surface area contributed by atoms with E-state index in [1.54, 1.807) is 13.8 Å². The van der Waals surface area contributed by atoms with Crippen molar-refractivity contribution in [3.63, 3.8) is 0 Å². The number of benzene rings is 2. The van der Waals surface area contributed by atoms with Crippen LogP contribution in [0.2, 0.25) is 0 Å². The summed E-state index contributed by atoms with van der Waals surface area (Å²) < 4.78 is 0. The van der Waals surface area contributed by atoms with Crippen LogP contribution in [-0.2, 0) is 5.41 Å². The topological polar surface area (TPSA) is 149 Å². The van der Waals surface area contributed by atoms with Crippen LogP contribution >= 0.6 is 0 Å². The van der Waals surface area contributed by atoms with Gasteiger partial charge in [0.15, 0.2) is 0 Å². The Labute approximate surface area is 153 Å². The summed E-state index contributed by atoms with van der Waals surface area (Å²) in [5.74, 6) is -5.57. The number of hydrogen-bond donors (Lipinski definition) is 4. The molecule has 0 aliphatic carbocycles. The first kappa shape index (κ1) is 19.6. The van der Waals surface area contributed by atoms with Gasteiger partial charge in [-0.25, -0.2) is 19.2 Å². The van der Waals surface area contributed by atoms with Gasteiger partial charge in [0.2, 0.25) is 0 Å². The quantitative estimate of drug-likeness (QED) is 0.604. The molecule has 0 aliphatic heterocycles. The van der Waals surface area contributed by atoms with E-state index in [0.717, 1.165) is 0 Å². The van der Waals surface area contributed by atoms with E-state index in [1.807, 2.05) is 0 Å². The molecule has 8 heteroatoms. The highest BCUT2D eigenvalue weighted by Gasteiger charge is 2.28. The second-order valence-corrected chi connectivity index (χ2v) is 6.37. The van der Waals surface area contributed by atoms with Gasteiger partial charge in [0.05, 0.1) is 22.3 Å². The highest BCUT2D eigenvalue weighted by atomic mass is 16.4. The van der Waals surface area contributed by atoms with Gasteiger partial charge in [0.25, 0.3) is 0 Å². The van der Waals surface area contributed by atoms with Crippen LogP contribution in [0.1, 0.15) is 66.4 Å². The van der Waals surface area contributed by atoms with Gasteiger partial charge < -0.3 is 20.4 Å². The predicted molar refractivity (Wildman–Crippen MR) is 92.8 cm³/mol. The van der Waals surface area contributed by atoms with Crippen molar-refractivity contribution in [1.29, 1.82) is 0 Å². The SMILES string of the molecule is CC(C)(c1ccc(C(=O)O)c(C(=O)O)c1)c1ccc(C(=O)O)c(C(=O)O)c1. The van der Waals surface area contributed by atoms with Gasteiger partial charge >= 0.3 is 23.9 Å². The molecule has 0 saturated carbocycles. The summed E-state index contributed by atoms with van der Waals surface area (Å²) in [5.41, 5.74) is -1.57. The van der Waals surface area contributed by atoms with Crippen LogP contribution in [0.25, 0.3) is 0 Å². The number of carbonyl (C=O) groups is 4. The van der Waals surface area contributed by atoms with Crippen molar-refractivity contribution >= 4 is 23.9 Å². The van der Waals surface area contributed by atoms with Crippen molar-refractivity contribution in [1.82, 2.24) is 0 Å². The average Bonchev–Trinajstić information content (AvgIpc) is 2.60. The van der Waals surface area contributed by atoms with Crippen molar-refractivity contribution in [2.45, 2.75) is 19.3 Å². The second-order valence-electron chi connectivity index (χ2n) is 6.37. The van der Waals surface area contributed by atoms with Crippen molar-refractivity contribution in [2.75, 3.05) is 0 Å². The summed E-state index contributed by atoms with van der Waals surface area (Å²) in [6.07, 6.45) is 0. The lowest BCUT2D eigenvalue weighted by Crippen LogP contribution is -2.22. The van der Waals surface area contributed by atoms with E-state index >= 15 is 0 Å². The molecule has 0 aliphatic rings. The Morgan fingerprint density at radius 3 is 1.15 bits per heavy atom. The van der Waals surface area contributed by atoms with Crippen LogP contribution in [0.3, 0.4) is 0 Å². The van der Waals surface area contributed by atoms with Crippen LogP contribution in [0.5, 0.6) is 0 Å². The molecule has 2 rings (SSSR count). The van der Waals surface area contributed by atoms with Gasteiger partial charge in [0.1, 0.15) is 0 Å². The Morgan fingerprint density at radius 1 is 0.593 bits per heavy atom. The minimum atomic E-state index is -1.41. The van der Waals surface area contributed by atoms with E-state index in [4.69, 9.17) is 10.2 Å². The molecule has 0 amide bonds. The lowest BCUT2D eigenvalue weighted by Gasteiger charge is -2.27. The van der Waals surface area contributed by atoms with Gasteiger partial charge in [-0.2, -0.15) is 0 Å². The molecule has 0 fully saturated rings. The van der Waals surface area contributed by atoms with Gasteiger partial charge in [0, 0.05) is 5.41 Å². The third-order valence-electron chi connectivity index (χ3n) is 4.40. The number of carboxylic acids is 4. The maximum Gasteiger partial charge on any atom is 0.336 e. The number of aromatic carboxylic acids is 4. The van der Waals surface area contributed by atoms with Crippen LogP contribution in [0.4, 0.5) is 0 Å². The molecule has 0 unspecified atom stereocenters. The Morgan fingerprint density at radius 2 is 0.889 bits per heavy atom. The fraction of sp³-hybridized carbons (Fsp3) is 0.158. The minimum absolute atomic E-state index is 0.366. The summed E-state index contributed by atoms with van der Waals surface area (Å²) in [7, 11) is 0. The summed E-state index contributed by atoms with van der Waals surface area (Å²) in [5, 5.41) is 36.8. The maximum atomic E-state index is 11.4. The smallest absolute Gasteiger partial charge is 0.336 e. The molecule has 0 spiro atoms. The van der Waals surface area contributed by atoms with Gasteiger partial charge in [-0.3, -0.25) is 0 Å². The molecule has 2 aromatic carbocycles. The Bertz CT molecular complexity index is 894. The van der Waals surface area contributed by atoms with E-state index in [0.29, 0.717) is 11.1 Å². The first-order chi connectivity index (χ1) is 12.5. The zero-order valence-corrected chi connectivity index (χ0v) is 14.4. The van der Waals surface area contributed by atoms with E-state index in [1.165, 1.54) is 36.4 Å². The summed E-state index contributed by atoms with van der Waals surface area (Å²) in [4.78, 5) is 45.2. The Hall–Kier alpha value is -3.68. The lowest BCUT2D eigenvalue weighted by molar-refractivity contribution is 0.0651. The molecular weight excluding hydrogens is 356 g/mol. The first-order valence-electron chi connectivity index (χ1n) is 7.69. The van der Waals surface area contributed by atoms with Gasteiger partial charge in [-0.15, -0.1) is 0 Å². The standard InChI is InChI=1S/C19H16O8/c1-19(2,9-3-5-11(15(20)21)13(7-9)17(24)25)10-4-6-12(16(22)23)14(8-10)18(26)27/h3-8H,1-2H3,(H,20,21)(H,22,23)(H,24,25)(H,26,27). The molecule has 0 heterocycles. The van der Waals surface area contributed by atoms with Crippen LogP contribution in [0, 0.1) is 0 Å². The molecule has 0 bridgehead atoms. The first-order valence-corrected chi connectivity index (χ1v) is 7.69. The largest absolute Gasteiger partial charge is 0.478 e. The number of carboxylic acid groups (broad SMARTS) is 4. The summed E-state index contributed by atoms with van der Waals surface area (Å²) in [6.45, 7) is 3.38. The van der Waals surface area contributed by atoms with Gasteiger partial charge in [-0.1, -0.05) is 26.0 Å². The minimum Gasteiger partial charge on any atom is -0.478 e. The normalized spacial score (nSPS) is 11.0. The Kier molecular flexibility index (Phi) is 5.03. The van der Waals surface area contributed by atoms with Gasteiger partial charge in [-0.05, 0) is 35.4 Å². The predicted octanol–water partition coefficient (Wildman–Crippen LogP) is 2.81. The van der Waals surface area contributed by atoms with E-state index in [-0.39, 0.29) is 11.1 Å². The molecule has 0 saturated heterocycles. The van der Waals surface area contributed by atoms with E-state index < -0.39 is 40.4 Å². The average molecular weight is 372 g/mol. The molecule has 27 heavy (non-hydrogen) atoms. The summed E-state index contributed by atoms with van der Waals surface area (Å²) in [6, 6.07) is 7.68. The number of rotatable bonds is 6. The molecule has 140 valence electrons. The molecular formula is C19H16O8. The monoisotopic (exact) mass is 372 g/mol. The maximum absolute atomic E-state index is 11.4. The van der Waals surface area contributed by atoms with E-state index in [2.05, 4.69) is 0 Å². The number of hydrogen-bond acceptors (Lipinski definition) is 4. The summed E-state index contributed by atoms with van der Waals surface area (Å²) >= 11 is 0.